The molecule has 0 aromatic heterocycles. The second-order valence-corrected chi connectivity index (χ2v) is 5.84. The van der Waals surface area contributed by atoms with Crippen LogP contribution in [0.5, 0.6) is 5.75 Å². The average Bonchev–Trinajstić information content (AvgIpc) is 2.17. The summed E-state index contributed by atoms with van der Waals surface area (Å²) in [6.45, 7) is 4.50. The Kier molecular flexibility index (Phi) is 4.32. The van der Waals surface area contributed by atoms with Crippen molar-refractivity contribution in [3.8, 4) is 5.75 Å². The minimum atomic E-state index is -3.43. The van der Waals surface area contributed by atoms with Crippen LogP contribution in [0.4, 0.5) is 0 Å². The molecule has 16 heavy (non-hydrogen) atoms. The van der Waals surface area contributed by atoms with Crippen LogP contribution in [0.25, 0.3) is 0 Å². The molecule has 4 nitrogen and oxygen atoms in total. The summed E-state index contributed by atoms with van der Waals surface area (Å²) < 4.78 is 26.0. The predicted octanol–water partition coefficient (Wildman–Crippen LogP) is 1.72. The molecule has 0 spiro atoms. The summed E-state index contributed by atoms with van der Waals surface area (Å²) in [4.78, 5) is 0.175. The van der Waals surface area contributed by atoms with E-state index in [0.29, 0.717) is 12.5 Å². The number of rotatable bonds is 5. The van der Waals surface area contributed by atoms with E-state index in [4.69, 9.17) is 5.11 Å². The summed E-state index contributed by atoms with van der Waals surface area (Å²) in [5.74, 6) is 0.517. The minimum Gasteiger partial charge on any atom is -0.508 e. The Labute approximate surface area is 96.4 Å². The topological polar surface area (TPSA) is 66.4 Å². The van der Waals surface area contributed by atoms with Crippen LogP contribution in [-0.2, 0) is 10.0 Å². The van der Waals surface area contributed by atoms with Gasteiger partial charge in [-0.1, -0.05) is 13.8 Å². The number of phenols is 1. The van der Waals surface area contributed by atoms with Gasteiger partial charge in [-0.05, 0) is 36.6 Å². The average molecular weight is 243 g/mol. The van der Waals surface area contributed by atoms with Gasteiger partial charge in [0.1, 0.15) is 5.75 Å². The lowest BCUT2D eigenvalue weighted by Crippen LogP contribution is -2.25. The quantitative estimate of drug-likeness (QED) is 0.827. The van der Waals surface area contributed by atoms with E-state index < -0.39 is 10.0 Å². The molecule has 1 aromatic carbocycles. The second-order valence-electron chi connectivity index (χ2n) is 4.07. The van der Waals surface area contributed by atoms with Crippen LogP contribution < -0.4 is 4.72 Å². The van der Waals surface area contributed by atoms with Crippen molar-refractivity contribution in [1.29, 1.82) is 0 Å². The summed E-state index contributed by atoms with van der Waals surface area (Å²) in [5, 5.41) is 9.06. The molecule has 1 rings (SSSR count). The van der Waals surface area contributed by atoms with Crippen molar-refractivity contribution >= 4 is 10.0 Å². The summed E-state index contributed by atoms with van der Waals surface area (Å²) in [7, 11) is -3.43. The van der Waals surface area contributed by atoms with Crippen LogP contribution in [0, 0.1) is 5.92 Å². The number of aromatic hydroxyl groups is 1. The van der Waals surface area contributed by atoms with E-state index in [-0.39, 0.29) is 10.6 Å². The highest BCUT2D eigenvalue weighted by atomic mass is 32.2. The zero-order chi connectivity index (χ0) is 12.2. The minimum absolute atomic E-state index is 0.0566. The van der Waals surface area contributed by atoms with Crippen molar-refractivity contribution in [1.82, 2.24) is 4.72 Å². The van der Waals surface area contributed by atoms with E-state index >= 15 is 0 Å². The summed E-state index contributed by atoms with van der Waals surface area (Å²) >= 11 is 0. The molecule has 0 aliphatic rings. The number of benzene rings is 1. The molecule has 1 aromatic rings. The SMILES string of the molecule is CC(C)CCNS(=O)(=O)c1ccc(O)cc1. The molecule has 0 unspecified atom stereocenters. The molecule has 0 aliphatic heterocycles. The highest BCUT2D eigenvalue weighted by molar-refractivity contribution is 7.89. The second kappa shape index (κ2) is 5.32. The lowest BCUT2D eigenvalue weighted by molar-refractivity contribution is 0.474. The fraction of sp³-hybridized carbons (Fsp3) is 0.455. The monoisotopic (exact) mass is 243 g/mol. The molecule has 0 fully saturated rings. The van der Waals surface area contributed by atoms with Crippen molar-refractivity contribution in [3.05, 3.63) is 24.3 Å². The van der Waals surface area contributed by atoms with Gasteiger partial charge >= 0.3 is 0 Å². The normalized spacial score (nSPS) is 11.9. The van der Waals surface area contributed by atoms with Gasteiger partial charge in [-0.25, -0.2) is 13.1 Å². The van der Waals surface area contributed by atoms with Gasteiger partial charge in [0.15, 0.2) is 0 Å². The number of hydrogen-bond donors (Lipinski definition) is 2. The molecule has 0 aliphatic carbocycles. The zero-order valence-electron chi connectivity index (χ0n) is 9.47. The van der Waals surface area contributed by atoms with E-state index in [2.05, 4.69) is 4.72 Å². The van der Waals surface area contributed by atoms with Crippen molar-refractivity contribution in [2.24, 2.45) is 5.92 Å². The molecule has 5 heteroatoms. The molecule has 0 amide bonds. The molecule has 2 N–H and O–H groups in total. The lowest BCUT2D eigenvalue weighted by atomic mass is 10.1. The van der Waals surface area contributed by atoms with Gasteiger partial charge in [0.25, 0.3) is 0 Å². The highest BCUT2D eigenvalue weighted by Gasteiger charge is 2.12. The van der Waals surface area contributed by atoms with Gasteiger partial charge in [0.2, 0.25) is 10.0 Å². The van der Waals surface area contributed by atoms with E-state index in [1.807, 2.05) is 13.8 Å². The van der Waals surface area contributed by atoms with Gasteiger partial charge in [0, 0.05) is 6.54 Å². The van der Waals surface area contributed by atoms with Crippen LogP contribution in [0.2, 0.25) is 0 Å². The first-order valence-corrected chi connectivity index (χ1v) is 6.69. The number of hydrogen-bond acceptors (Lipinski definition) is 3. The molecule has 0 saturated heterocycles. The third-order valence-electron chi connectivity index (χ3n) is 2.16. The summed E-state index contributed by atoms with van der Waals surface area (Å²) in [6, 6.07) is 5.48. The molecular formula is C11H17NO3S. The van der Waals surface area contributed by atoms with Crippen LogP contribution >= 0.6 is 0 Å². The van der Waals surface area contributed by atoms with Gasteiger partial charge < -0.3 is 5.11 Å². The molecular weight excluding hydrogens is 226 g/mol. The van der Waals surface area contributed by atoms with Gasteiger partial charge in [-0.15, -0.1) is 0 Å². The largest absolute Gasteiger partial charge is 0.508 e. The Bertz CT molecular complexity index is 423. The van der Waals surface area contributed by atoms with E-state index in [0.717, 1.165) is 6.42 Å². The summed E-state index contributed by atoms with van der Waals surface area (Å²) in [6.07, 6.45) is 0.803. The van der Waals surface area contributed by atoms with E-state index in [1.165, 1.54) is 24.3 Å². The van der Waals surface area contributed by atoms with Crippen molar-refractivity contribution < 1.29 is 13.5 Å². The Morgan fingerprint density at radius 3 is 2.31 bits per heavy atom. The fourth-order valence-corrected chi connectivity index (χ4v) is 2.24. The Morgan fingerprint density at radius 1 is 1.25 bits per heavy atom. The molecule has 0 heterocycles. The van der Waals surface area contributed by atoms with Crippen LogP contribution in [-0.4, -0.2) is 20.1 Å². The van der Waals surface area contributed by atoms with Gasteiger partial charge in [-0.2, -0.15) is 0 Å². The highest BCUT2D eigenvalue weighted by Crippen LogP contribution is 2.14. The first kappa shape index (κ1) is 13.0. The predicted molar refractivity (Wildman–Crippen MR) is 62.8 cm³/mol. The van der Waals surface area contributed by atoms with Crippen molar-refractivity contribution in [3.63, 3.8) is 0 Å². The third kappa shape index (κ3) is 3.83. The maximum Gasteiger partial charge on any atom is 0.240 e. The number of sulfonamides is 1. The first-order chi connectivity index (χ1) is 7.42. The molecule has 0 atom stereocenters. The van der Waals surface area contributed by atoms with Crippen LogP contribution in [0.15, 0.2) is 29.2 Å². The maximum absolute atomic E-state index is 11.7. The fourth-order valence-electron chi connectivity index (χ4n) is 1.19. The molecule has 90 valence electrons. The Hall–Kier alpha value is -1.07. The third-order valence-corrected chi connectivity index (χ3v) is 3.64. The van der Waals surface area contributed by atoms with E-state index in [1.54, 1.807) is 0 Å². The lowest BCUT2D eigenvalue weighted by Gasteiger charge is -2.08. The van der Waals surface area contributed by atoms with Crippen molar-refractivity contribution in [2.75, 3.05) is 6.54 Å². The first-order valence-electron chi connectivity index (χ1n) is 5.20. The summed E-state index contributed by atoms with van der Waals surface area (Å²) in [5.41, 5.74) is 0. The van der Waals surface area contributed by atoms with Crippen molar-refractivity contribution in [2.45, 2.75) is 25.2 Å². The molecule has 0 bridgehead atoms. The van der Waals surface area contributed by atoms with Crippen LogP contribution in [0.1, 0.15) is 20.3 Å². The Balaban J connectivity index is 2.67. The maximum atomic E-state index is 11.7. The molecule has 0 radical (unpaired) electrons. The van der Waals surface area contributed by atoms with Gasteiger partial charge in [-0.3, -0.25) is 0 Å². The number of nitrogens with one attached hydrogen (secondary N) is 1. The Morgan fingerprint density at radius 2 is 1.81 bits per heavy atom. The molecule has 0 saturated carbocycles. The standard InChI is InChI=1S/C11H17NO3S/c1-9(2)7-8-12-16(14,15)11-5-3-10(13)4-6-11/h3-6,9,12-13H,7-8H2,1-2H3. The van der Waals surface area contributed by atoms with Gasteiger partial charge in [0.05, 0.1) is 4.90 Å². The number of phenolic OH excluding ortho intramolecular Hbond substituents is 1. The smallest absolute Gasteiger partial charge is 0.240 e. The van der Waals surface area contributed by atoms with E-state index in [9.17, 15) is 8.42 Å². The van der Waals surface area contributed by atoms with Crippen LogP contribution in [0.3, 0.4) is 0 Å². The zero-order valence-corrected chi connectivity index (χ0v) is 10.3.